The molecule has 0 spiro atoms. The Labute approximate surface area is 134 Å². The van der Waals surface area contributed by atoms with E-state index in [9.17, 15) is 4.79 Å². The van der Waals surface area contributed by atoms with Crippen LogP contribution in [-0.4, -0.2) is 48.5 Å². The number of hydrogen-bond donors (Lipinski definition) is 1. The van der Waals surface area contributed by atoms with Gasteiger partial charge in [0.2, 0.25) is 0 Å². The molecule has 0 bridgehead atoms. The van der Waals surface area contributed by atoms with Crippen LogP contribution in [0.5, 0.6) is 0 Å². The molecule has 116 valence electrons. The van der Waals surface area contributed by atoms with Crippen molar-refractivity contribution < 1.29 is 4.79 Å². The number of likely N-dealkylation sites (N-methyl/N-ethyl adjacent to an activating group) is 1. The molecule has 6 heteroatoms. The van der Waals surface area contributed by atoms with Crippen molar-refractivity contribution in [2.24, 2.45) is 0 Å². The zero-order valence-corrected chi connectivity index (χ0v) is 13.5. The van der Waals surface area contributed by atoms with Gasteiger partial charge in [-0.25, -0.2) is 4.98 Å². The fourth-order valence-electron chi connectivity index (χ4n) is 2.56. The number of pyridine rings is 1. The van der Waals surface area contributed by atoms with Crippen molar-refractivity contribution in [3.05, 3.63) is 40.7 Å². The Balaban J connectivity index is 1.60. The van der Waals surface area contributed by atoms with Gasteiger partial charge in [0.05, 0.1) is 16.8 Å². The SMILES string of the molecule is CCN1CCN(c2ccc(NC(=O)c3cccs3)nc2)CC1. The lowest BCUT2D eigenvalue weighted by Crippen LogP contribution is -2.46. The normalized spacial score (nSPS) is 15.8. The van der Waals surface area contributed by atoms with Gasteiger partial charge in [0.1, 0.15) is 5.82 Å². The van der Waals surface area contributed by atoms with Crippen molar-refractivity contribution in [2.45, 2.75) is 6.92 Å². The second kappa shape index (κ2) is 6.89. The van der Waals surface area contributed by atoms with E-state index in [0.29, 0.717) is 10.7 Å². The van der Waals surface area contributed by atoms with Crippen molar-refractivity contribution in [3.8, 4) is 0 Å². The zero-order chi connectivity index (χ0) is 15.4. The van der Waals surface area contributed by atoms with Crippen LogP contribution in [0.3, 0.4) is 0 Å². The molecule has 0 aromatic carbocycles. The summed E-state index contributed by atoms with van der Waals surface area (Å²) in [6, 6.07) is 7.57. The van der Waals surface area contributed by atoms with Crippen LogP contribution < -0.4 is 10.2 Å². The predicted molar refractivity (Wildman–Crippen MR) is 90.8 cm³/mol. The highest BCUT2D eigenvalue weighted by atomic mass is 32.1. The number of nitrogens with one attached hydrogen (secondary N) is 1. The monoisotopic (exact) mass is 316 g/mol. The molecule has 0 radical (unpaired) electrons. The second-order valence-corrected chi connectivity index (χ2v) is 6.20. The van der Waals surface area contributed by atoms with Crippen LogP contribution in [0.15, 0.2) is 35.8 Å². The van der Waals surface area contributed by atoms with Gasteiger partial charge in [-0.05, 0) is 30.1 Å². The maximum Gasteiger partial charge on any atom is 0.266 e. The smallest absolute Gasteiger partial charge is 0.266 e. The summed E-state index contributed by atoms with van der Waals surface area (Å²) in [5.41, 5.74) is 1.12. The molecule has 1 amide bonds. The van der Waals surface area contributed by atoms with Crippen molar-refractivity contribution in [1.82, 2.24) is 9.88 Å². The molecule has 22 heavy (non-hydrogen) atoms. The van der Waals surface area contributed by atoms with Gasteiger partial charge >= 0.3 is 0 Å². The summed E-state index contributed by atoms with van der Waals surface area (Å²) >= 11 is 1.43. The Bertz CT molecular complexity index is 604. The topological polar surface area (TPSA) is 48.5 Å². The van der Waals surface area contributed by atoms with Crippen LogP contribution in [0.25, 0.3) is 0 Å². The number of carbonyl (C=O) groups is 1. The van der Waals surface area contributed by atoms with Crippen molar-refractivity contribution in [1.29, 1.82) is 0 Å². The van der Waals surface area contributed by atoms with E-state index in [1.165, 1.54) is 11.3 Å². The van der Waals surface area contributed by atoms with E-state index in [-0.39, 0.29) is 5.91 Å². The van der Waals surface area contributed by atoms with Gasteiger partial charge in [-0.3, -0.25) is 4.79 Å². The fraction of sp³-hybridized carbons (Fsp3) is 0.375. The molecule has 0 atom stereocenters. The quantitative estimate of drug-likeness (QED) is 0.942. The Morgan fingerprint density at radius 2 is 2.09 bits per heavy atom. The molecule has 1 fully saturated rings. The number of carbonyl (C=O) groups excluding carboxylic acids is 1. The Morgan fingerprint density at radius 3 is 2.68 bits per heavy atom. The molecule has 1 aliphatic rings. The van der Waals surface area contributed by atoms with Crippen molar-refractivity contribution in [2.75, 3.05) is 42.9 Å². The highest BCUT2D eigenvalue weighted by Gasteiger charge is 2.16. The third-order valence-corrected chi connectivity index (χ3v) is 4.79. The molecule has 1 aliphatic heterocycles. The van der Waals surface area contributed by atoms with Crippen LogP contribution in [0, 0.1) is 0 Å². The van der Waals surface area contributed by atoms with Gasteiger partial charge in [-0.15, -0.1) is 11.3 Å². The first-order chi connectivity index (χ1) is 10.8. The molecule has 5 nitrogen and oxygen atoms in total. The van der Waals surface area contributed by atoms with E-state index in [1.807, 2.05) is 35.8 Å². The number of anilines is 2. The van der Waals surface area contributed by atoms with Gasteiger partial charge in [-0.2, -0.15) is 0 Å². The number of thiophene rings is 1. The average Bonchev–Trinajstić information content (AvgIpc) is 3.10. The summed E-state index contributed by atoms with van der Waals surface area (Å²) in [5, 5.41) is 4.71. The lowest BCUT2D eigenvalue weighted by atomic mass is 10.2. The molecule has 2 aromatic heterocycles. The van der Waals surface area contributed by atoms with E-state index < -0.39 is 0 Å². The predicted octanol–water partition coefficient (Wildman–Crippen LogP) is 2.54. The largest absolute Gasteiger partial charge is 0.368 e. The first-order valence-electron chi connectivity index (χ1n) is 7.54. The maximum absolute atomic E-state index is 12.0. The molecule has 3 rings (SSSR count). The third kappa shape index (κ3) is 3.45. The number of hydrogen-bond acceptors (Lipinski definition) is 5. The van der Waals surface area contributed by atoms with E-state index in [4.69, 9.17) is 0 Å². The van der Waals surface area contributed by atoms with Crippen LogP contribution in [-0.2, 0) is 0 Å². The van der Waals surface area contributed by atoms with Gasteiger partial charge in [0.15, 0.2) is 0 Å². The minimum Gasteiger partial charge on any atom is -0.368 e. The second-order valence-electron chi connectivity index (χ2n) is 5.25. The summed E-state index contributed by atoms with van der Waals surface area (Å²) in [4.78, 5) is 21.8. The number of nitrogens with zero attached hydrogens (tertiary/aromatic N) is 3. The molecule has 2 aromatic rings. The number of aromatic nitrogens is 1. The van der Waals surface area contributed by atoms with Crippen molar-refractivity contribution >= 4 is 28.7 Å². The molecule has 0 unspecified atom stereocenters. The minimum absolute atomic E-state index is 0.105. The molecule has 0 saturated carbocycles. The molecular weight excluding hydrogens is 296 g/mol. The van der Waals surface area contributed by atoms with E-state index in [1.54, 1.807) is 0 Å². The first-order valence-corrected chi connectivity index (χ1v) is 8.42. The van der Waals surface area contributed by atoms with Crippen LogP contribution in [0.1, 0.15) is 16.6 Å². The van der Waals surface area contributed by atoms with Gasteiger partial charge in [-0.1, -0.05) is 13.0 Å². The molecule has 0 aliphatic carbocycles. The summed E-state index contributed by atoms with van der Waals surface area (Å²) in [7, 11) is 0. The summed E-state index contributed by atoms with van der Waals surface area (Å²) in [5.74, 6) is 0.487. The zero-order valence-electron chi connectivity index (χ0n) is 12.7. The van der Waals surface area contributed by atoms with E-state index in [2.05, 4.69) is 27.0 Å². The number of amides is 1. The molecule has 1 saturated heterocycles. The Morgan fingerprint density at radius 1 is 1.27 bits per heavy atom. The standard InChI is InChI=1S/C16H20N4OS/c1-2-19-7-9-20(10-8-19)13-5-6-15(17-12-13)18-16(21)14-4-3-11-22-14/h3-6,11-12H,2,7-10H2,1H3,(H,17,18,21). The maximum atomic E-state index is 12.0. The summed E-state index contributed by atoms with van der Waals surface area (Å²) in [6.45, 7) is 7.54. The van der Waals surface area contributed by atoms with Crippen LogP contribution in [0.2, 0.25) is 0 Å². The first kappa shape index (κ1) is 15.0. The Hall–Kier alpha value is -1.92. The minimum atomic E-state index is -0.105. The molecular formula is C16H20N4OS. The van der Waals surface area contributed by atoms with E-state index in [0.717, 1.165) is 38.4 Å². The van der Waals surface area contributed by atoms with Crippen molar-refractivity contribution in [3.63, 3.8) is 0 Å². The lowest BCUT2D eigenvalue weighted by molar-refractivity contribution is 0.103. The van der Waals surface area contributed by atoms with Crippen LogP contribution >= 0.6 is 11.3 Å². The van der Waals surface area contributed by atoms with Crippen LogP contribution in [0.4, 0.5) is 11.5 Å². The highest BCUT2D eigenvalue weighted by Crippen LogP contribution is 2.18. The number of rotatable bonds is 4. The summed E-state index contributed by atoms with van der Waals surface area (Å²) in [6.07, 6.45) is 1.84. The molecule has 3 heterocycles. The number of piperazine rings is 1. The summed E-state index contributed by atoms with van der Waals surface area (Å²) < 4.78 is 0. The average molecular weight is 316 g/mol. The highest BCUT2D eigenvalue weighted by molar-refractivity contribution is 7.12. The third-order valence-electron chi connectivity index (χ3n) is 3.92. The lowest BCUT2D eigenvalue weighted by Gasteiger charge is -2.35. The molecule has 1 N–H and O–H groups in total. The Kier molecular flexibility index (Phi) is 4.70. The fourth-order valence-corrected chi connectivity index (χ4v) is 3.17. The van der Waals surface area contributed by atoms with E-state index >= 15 is 0 Å². The van der Waals surface area contributed by atoms with Gasteiger partial charge in [0, 0.05) is 26.2 Å². The van der Waals surface area contributed by atoms with Gasteiger partial charge < -0.3 is 15.1 Å². The van der Waals surface area contributed by atoms with Gasteiger partial charge in [0.25, 0.3) is 5.91 Å².